The van der Waals surface area contributed by atoms with Crippen LogP contribution in [0.25, 0.3) is 11.1 Å². The summed E-state index contributed by atoms with van der Waals surface area (Å²) in [6.45, 7) is 4.36. The summed E-state index contributed by atoms with van der Waals surface area (Å²) >= 11 is 0. The Balaban J connectivity index is 1.80. The molecule has 156 valence electrons. The molecule has 0 aliphatic rings. The summed E-state index contributed by atoms with van der Waals surface area (Å²) < 4.78 is 11.3. The van der Waals surface area contributed by atoms with Crippen molar-refractivity contribution >= 4 is 6.16 Å². The van der Waals surface area contributed by atoms with Gasteiger partial charge in [0.25, 0.3) is 0 Å². The molecule has 0 saturated heterocycles. The van der Waals surface area contributed by atoms with E-state index in [-0.39, 0.29) is 0 Å². The van der Waals surface area contributed by atoms with E-state index in [2.05, 4.69) is 19.9 Å². The first-order chi connectivity index (χ1) is 14.7. The molecule has 0 saturated carbocycles. The number of rotatable bonds is 9. The standard InChI is InChI=1S/C27H30O3/c1-3-5-13-21-16-12-20-26(23(21)17-6-4-2)30-27(28)29-25-19-11-10-18-24(25)22-14-8-7-9-15-22/h7-12,14-16,18-20H,3-6,13,17H2,1-2H3. The smallest absolute Gasteiger partial charge is 0.394 e. The summed E-state index contributed by atoms with van der Waals surface area (Å²) in [5, 5.41) is 0. The van der Waals surface area contributed by atoms with Crippen LogP contribution in [0, 0.1) is 0 Å². The van der Waals surface area contributed by atoms with Crippen LogP contribution in [0.2, 0.25) is 0 Å². The molecule has 30 heavy (non-hydrogen) atoms. The maximum atomic E-state index is 12.7. The van der Waals surface area contributed by atoms with Crippen molar-refractivity contribution in [2.45, 2.75) is 52.4 Å². The van der Waals surface area contributed by atoms with Crippen LogP contribution in [0.3, 0.4) is 0 Å². The lowest BCUT2D eigenvalue weighted by Crippen LogP contribution is -2.16. The number of unbranched alkanes of at least 4 members (excludes halogenated alkanes) is 2. The van der Waals surface area contributed by atoms with Crippen molar-refractivity contribution < 1.29 is 14.3 Å². The van der Waals surface area contributed by atoms with Crippen molar-refractivity contribution in [2.75, 3.05) is 0 Å². The first-order valence-corrected chi connectivity index (χ1v) is 10.9. The van der Waals surface area contributed by atoms with Gasteiger partial charge in [0.05, 0.1) is 0 Å². The Morgan fingerprint density at radius 2 is 1.33 bits per heavy atom. The predicted octanol–water partition coefficient (Wildman–Crippen LogP) is 7.62. The number of carbonyl (C=O) groups excluding carboxylic acids is 1. The van der Waals surface area contributed by atoms with Gasteiger partial charge in [-0.1, -0.05) is 87.4 Å². The summed E-state index contributed by atoms with van der Waals surface area (Å²) in [6, 6.07) is 23.4. The fourth-order valence-corrected chi connectivity index (χ4v) is 3.56. The molecule has 0 fully saturated rings. The van der Waals surface area contributed by atoms with E-state index >= 15 is 0 Å². The van der Waals surface area contributed by atoms with E-state index in [1.165, 1.54) is 5.56 Å². The van der Waals surface area contributed by atoms with Crippen LogP contribution in [0.15, 0.2) is 72.8 Å². The lowest BCUT2D eigenvalue weighted by atomic mass is 9.97. The molecule has 0 aliphatic heterocycles. The third kappa shape index (κ3) is 5.73. The van der Waals surface area contributed by atoms with Crippen molar-refractivity contribution in [3.63, 3.8) is 0 Å². The van der Waals surface area contributed by atoms with Crippen LogP contribution >= 0.6 is 0 Å². The number of ether oxygens (including phenoxy) is 2. The highest BCUT2D eigenvalue weighted by Crippen LogP contribution is 2.31. The molecule has 0 bridgehead atoms. The first kappa shape index (κ1) is 21.6. The predicted molar refractivity (Wildman–Crippen MR) is 122 cm³/mol. The zero-order valence-electron chi connectivity index (χ0n) is 17.9. The van der Waals surface area contributed by atoms with E-state index in [1.54, 1.807) is 6.07 Å². The first-order valence-electron chi connectivity index (χ1n) is 10.9. The molecule has 3 aromatic rings. The number of para-hydroxylation sites is 1. The van der Waals surface area contributed by atoms with Crippen LogP contribution in [0.4, 0.5) is 4.79 Å². The average Bonchev–Trinajstić information content (AvgIpc) is 2.78. The van der Waals surface area contributed by atoms with E-state index in [0.29, 0.717) is 11.5 Å². The van der Waals surface area contributed by atoms with Crippen molar-refractivity contribution in [1.29, 1.82) is 0 Å². The van der Waals surface area contributed by atoms with Crippen molar-refractivity contribution in [2.24, 2.45) is 0 Å². The number of benzene rings is 3. The van der Waals surface area contributed by atoms with E-state index < -0.39 is 6.16 Å². The number of hydrogen-bond donors (Lipinski definition) is 0. The Kier molecular flexibility index (Phi) is 8.08. The minimum atomic E-state index is -0.705. The summed E-state index contributed by atoms with van der Waals surface area (Å²) in [5.74, 6) is 1.10. The molecule has 3 rings (SSSR count). The molecule has 0 atom stereocenters. The second kappa shape index (κ2) is 11.2. The van der Waals surface area contributed by atoms with E-state index in [0.717, 1.165) is 55.2 Å². The van der Waals surface area contributed by atoms with Gasteiger partial charge < -0.3 is 9.47 Å². The second-order valence-corrected chi connectivity index (χ2v) is 7.42. The molecule has 3 heteroatoms. The third-order valence-electron chi connectivity index (χ3n) is 5.17. The summed E-state index contributed by atoms with van der Waals surface area (Å²) in [7, 11) is 0. The SMILES string of the molecule is CCCCc1cccc(OC(=O)Oc2ccccc2-c2ccccc2)c1CCCC. The van der Waals surface area contributed by atoms with Crippen molar-refractivity contribution in [3.05, 3.63) is 83.9 Å². The number of aryl methyl sites for hydroxylation is 1. The lowest BCUT2D eigenvalue weighted by molar-refractivity contribution is 0.151. The van der Waals surface area contributed by atoms with Gasteiger partial charge in [0.15, 0.2) is 0 Å². The van der Waals surface area contributed by atoms with Gasteiger partial charge in [-0.05, 0) is 54.5 Å². The van der Waals surface area contributed by atoms with Gasteiger partial charge in [-0.3, -0.25) is 0 Å². The van der Waals surface area contributed by atoms with E-state index in [9.17, 15) is 4.79 Å². The molecule has 0 radical (unpaired) electrons. The Labute approximate surface area is 179 Å². The third-order valence-corrected chi connectivity index (χ3v) is 5.17. The second-order valence-electron chi connectivity index (χ2n) is 7.42. The van der Waals surface area contributed by atoms with Crippen LogP contribution < -0.4 is 9.47 Å². The topological polar surface area (TPSA) is 35.5 Å². The fraction of sp³-hybridized carbons (Fsp3) is 0.296. The molecule has 0 aliphatic carbocycles. The van der Waals surface area contributed by atoms with Gasteiger partial charge in [0.2, 0.25) is 0 Å². The molecular weight excluding hydrogens is 372 g/mol. The molecular formula is C27H30O3. The highest BCUT2D eigenvalue weighted by Gasteiger charge is 2.16. The molecule has 3 nitrogen and oxygen atoms in total. The zero-order chi connectivity index (χ0) is 21.2. The zero-order valence-corrected chi connectivity index (χ0v) is 17.9. The van der Waals surface area contributed by atoms with Crippen LogP contribution in [-0.4, -0.2) is 6.16 Å². The van der Waals surface area contributed by atoms with Crippen LogP contribution in [-0.2, 0) is 12.8 Å². The molecule has 0 unspecified atom stereocenters. The molecule has 0 heterocycles. The quantitative estimate of drug-likeness (QED) is 0.273. The van der Waals surface area contributed by atoms with E-state index in [4.69, 9.17) is 9.47 Å². The fourth-order valence-electron chi connectivity index (χ4n) is 3.56. The number of carbonyl (C=O) groups is 1. The maximum absolute atomic E-state index is 12.7. The Morgan fingerprint density at radius 3 is 2.10 bits per heavy atom. The Hall–Kier alpha value is -3.07. The van der Waals surface area contributed by atoms with Crippen LogP contribution in [0.5, 0.6) is 11.5 Å². The summed E-state index contributed by atoms with van der Waals surface area (Å²) in [6.07, 6.45) is 5.61. The maximum Gasteiger partial charge on any atom is 0.519 e. The summed E-state index contributed by atoms with van der Waals surface area (Å²) in [5.41, 5.74) is 4.24. The molecule has 0 N–H and O–H groups in total. The lowest BCUT2D eigenvalue weighted by Gasteiger charge is -2.15. The Bertz CT molecular complexity index is 947. The van der Waals surface area contributed by atoms with Crippen molar-refractivity contribution in [3.8, 4) is 22.6 Å². The monoisotopic (exact) mass is 402 g/mol. The average molecular weight is 403 g/mol. The highest BCUT2D eigenvalue weighted by atomic mass is 16.7. The molecule has 0 spiro atoms. The van der Waals surface area contributed by atoms with Crippen molar-refractivity contribution in [1.82, 2.24) is 0 Å². The highest BCUT2D eigenvalue weighted by molar-refractivity contribution is 5.75. The van der Waals surface area contributed by atoms with Gasteiger partial charge in [-0.2, -0.15) is 0 Å². The Morgan fingerprint density at radius 1 is 0.700 bits per heavy atom. The largest absolute Gasteiger partial charge is 0.519 e. The van der Waals surface area contributed by atoms with Crippen LogP contribution in [0.1, 0.15) is 50.7 Å². The van der Waals surface area contributed by atoms with E-state index in [1.807, 2.05) is 60.7 Å². The normalized spacial score (nSPS) is 10.6. The molecule has 0 amide bonds. The summed E-state index contributed by atoms with van der Waals surface area (Å²) in [4.78, 5) is 12.7. The van der Waals surface area contributed by atoms with Gasteiger partial charge in [-0.15, -0.1) is 0 Å². The minimum Gasteiger partial charge on any atom is -0.394 e. The van der Waals surface area contributed by atoms with Gasteiger partial charge in [0, 0.05) is 5.56 Å². The van der Waals surface area contributed by atoms with Gasteiger partial charge >= 0.3 is 6.16 Å². The minimum absolute atomic E-state index is 0.492. The molecule has 0 aromatic heterocycles. The molecule has 3 aromatic carbocycles. The van der Waals surface area contributed by atoms with Gasteiger partial charge in [0.1, 0.15) is 11.5 Å². The van der Waals surface area contributed by atoms with Gasteiger partial charge in [-0.25, -0.2) is 4.79 Å². The number of hydrogen-bond acceptors (Lipinski definition) is 3.